The zero-order valence-corrected chi connectivity index (χ0v) is 11.0. The first-order valence-corrected chi connectivity index (χ1v) is 6.50. The highest BCUT2D eigenvalue weighted by atomic mass is 16.1. The normalized spacial score (nSPS) is 27.8. The number of hydrogen-bond acceptors (Lipinski definition) is 2. The summed E-state index contributed by atoms with van der Waals surface area (Å²) in [6.07, 6.45) is 1.22. The van der Waals surface area contributed by atoms with Crippen LogP contribution in [-0.2, 0) is 4.79 Å². The van der Waals surface area contributed by atoms with Crippen molar-refractivity contribution in [3.05, 3.63) is 0 Å². The topological polar surface area (TPSA) is 41.1 Å². The minimum atomic E-state index is 0.117. The van der Waals surface area contributed by atoms with Crippen molar-refractivity contribution in [2.24, 2.45) is 23.7 Å². The van der Waals surface area contributed by atoms with E-state index in [9.17, 15) is 4.79 Å². The van der Waals surface area contributed by atoms with Crippen LogP contribution in [0.4, 0.5) is 0 Å². The Bertz CT molecular complexity index is 228. The lowest BCUT2D eigenvalue weighted by Gasteiger charge is -2.30. The average Bonchev–Trinajstić information content (AvgIpc) is 2.26. The van der Waals surface area contributed by atoms with Gasteiger partial charge in [-0.3, -0.25) is 4.79 Å². The Morgan fingerprint density at radius 2 is 2.12 bits per heavy atom. The second-order valence-electron chi connectivity index (χ2n) is 5.51. The van der Waals surface area contributed by atoms with Crippen LogP contribution in [0.15, 0.2) is 0 Å². The summed E-state index contributed by atoms with van der Waals surface area (Å²) in [5.41, 5.74) is 0. The Kier molecular flexibility index (Phi) is 5.26. The minimum absolute atomic E-state index is 0.117. The van der Waals surface area contributed by atoms with Crippen molar-refractivity contribution in [3.63, 3.8) is 0 Å². The van der Waals surface area contributed by atoms with Gasteiger partial charge in [-0.05, 0) is 37.3 Å². The van der Waals surface area contributed by atoms with Crippen LogP contribution in [-0.4, -0.2) is 25.5 Å². The van der Waals surface area contributed by atoms with E-state index in [0.717, 1.165) is 25.6 Å². The predicted octanol–water partition coefficient (Wildman–Crippen LogP) is 1.64. The summed E-state index contributed by atoms with van der Waals surface area (Å²) in [5.74, 6) is 2.05. The number of rotatable bonds is 4. The predicted molar refractivity (Wildman–Crippen MR) is 67.2 cm³/mol. The van der Waals surface area contributed by atoms with Crippen molar-refractivity contribution in [3.8, 4) is 0 Å². The van der Waals surface area contributed by atoms with Gasteiger partial charge in [-0.25, -0.2) is 0 Å². The number of amides is 1. The standard InChI is InChI=1S/C13H26N2O/c1-9(2)11(4)13(16)15-8-12-7-14-6-5-10(12)3/h9-12,14H,5-8H2,1-4H3,(H,15,16). The molecular formula is C13H26N2O. The number of carbonyl (C=O) groups excluding carboxylic acids is 1. The van der Waals surface area contributed by atoms with Crippen molar-refractivity contribution < 1.29 is 4.79 Å². The first-order valence-electron chi connectivity index (χ1n) is 6.50. The Hall–Kier alpha value is -0.570. The highest BCUT2D eigenvalue weighted by molar-refractivity contribution is 5.78. The van der Waals surface area contributed by atoms with Gasteiger partial charge in [0, 0.05) is 12.5 Å². The van der Waals surface area contributed by atoms with Gasteiger partial charge in [-0.15, -0.1) is 0 Å². The lowest BCUT2D eigenvalue weighted by atomic mass is 9.88. The molecule has 0 radical (unpaired) electrons. The van der Waals surface area contributed by atoms with Gasteiger partial charge < -0.3 is 10.6 Å². The lowest BCUT2D eigenvalue weighted by Crippen LogP contribution is -2.43. The third-order valence-electron chi connectivity index (χ3n) is 3.94. The summed E-state index contributed by atoms with van der Waals surface area (Å²) in [6.45, 7) is 11.5. The number of carbonyl (C=O) groups is 1. The Morgan fingerprint density at radius 3 is 2.69 bits per heavy atom. The van der Waals surface area contributed by atoms with E-state index in [2.05, 4.69) is 31.4 Å². The molecule has 3 nitrogen and oxygen atoms in total. The summed E-state index contributed by atoms with van der Waals surface area (Å²) in [7, 11) is 0. The second-order valence-corrected chi connectivity index (χ2v) is 5.51. The van der Waals surface area contributed by atoms with Crippen molar-refractivity contribution in [2.75, 3.05) is 19.6 Å². The lowest BCUT2D eigenvalue weighted by molar-refractivity contribution is -0.126. The van der Waals surface area contributed by atoms with Crippen LogP contribution >= 0.6 is 0 Å². The number of piperidine rings is 1. The molecule has 0 spiro atoms. The monoisotopic (exact) mass is 226 g/mol. The fourth-order valence-corrected chi connectivity index (χ4v) is 2.02. The maximum absolute atomic E-state index is 11.8. The average molecular weight is 226 g/mol. The molecule has 94 valence electrons. The molecule has 1 amide bonds. The number of nitrogens with one attached hydrogen (secondary N) is 2. The maximum Gasteiger partial charge on any atom is 0.223 e. The highest BCUT2D eigenvalue weighted by Crippen LogP contribution is 2.17. The van der Waals surface area contributed by atoms with E-state index in [1.54, 1.807) is 0 Å². The van der Waals surface area contributed by atoms with Crippen LogP contribution in [0, 0.1) is 23.7 Å². The summed E-state index contributed by atoms with van der Waals surface area (Å²) in [6, 6.07) is 0. The van der Waals surface area contributed by atoms with Crippen molar-refractivity contribution >= 4 is 5.91 Å². The summed E-state index contributed by atoms with van der Waals surface area (Å²) in [5, 5.41) is 6.47. The van der Waals surface area contributed by atoms with Gasteiger partial charge >= 0.3 is 0 Å². The van der Waals surface area contributed by atoms with E-state index < -0.39 is 0 Å². The summed E-state index contributed by atoms with van der Waals surface area (Å²) in [4.78, 5) is 11.8. The Morgan fingerprint density at radius 1 is 1.44 bits per heavy atom. The van der Waals surface area contributed by atoms with Crippen LogP contribution < -0.4 is 10.6 Å². The molecule has 0 aliphatic carbocycles. The molecule has 1 saturated heterocycles. The van der Waals surface area contributed by atoms with Crippen molar-refractivity contribution in [2.45, 2.75) is 34.1 Å². The Labute approximate surface area is 99.4 Å². The molecule has 2 N–H and O–H groups in total. The van der Waals surface area contributed by atoms with Gasteiger partial charge in [-0.1, -0.05) is 27.7 Å². The highest BCUT2D eigenvalue weighted by Gasteiger charge is 2.23. The van der Waals surface area contributed by atoms with Crippen LogP contribution in [0.1, 0.15) is 34.1 Å². The molecule has 3 atom stereocenters. The largest absolute Gasteiger partial charge is 0.356 e. The maximum atomic E-state index is 11.8. The van der Waals surface area contributed by atoms with Crippen LogP contribution in [0.3, 0.4) is 0 Å². The molecule has 3 unspecified atom stereocenters. The fourth-order valence-electron chi connectivity index (χ4n) is 2.02. The smallest absolute Gasteiger partial charge is 0.223 e. The molecule has 1 fully saturated rings. The van der Waals surface area contributed by atoms with E-state index in [-0.39, 0.29) is 11.8 Å². The molecule has 0 bridgehead atoms. The van der Waals surface area contributed by atoms with E-state index in [0.29, 0.717) is 11.8 Å². The first-order chi connectivity index (χ1) is 7.52. The molecule has 0 aromatic heterocycles. The second kappa shape index (κ2) is 6.24. The zero-order chi connectivity index (χ0) is 12.1. The molecular weight excluding hydrogens is 200 g/mol. The summed E-state index contributed by atoms with van der Waals surface area (Å²) < 4.78 is 0. The van der Waals surface area contributed by atoms with Gasteiger partial charge in [-0.2, -0.15) is 0 Å². The molecule has 1 aliphatic rings. The molecule has 1 heterocycles. The summed E-state index contributed by atoms with van der Waals surface area (Å²) >= 11 is 0. The molecule has 0 aromatic carbocycles. The Balaban J connectivity index is 2.30. The van der Waals surface area contributed by atoms with E-state index in [4.69, 9.17) is 0 Å². The van der Waals surface area contributed by atoms with Gasteiger partial charge in [0.1, 0.15) is 0 Å². The van der Waals surface area contributed by atoms with E-state index >= 15 is 0 Å². The molecule has 3 heteroatoms. The first kappa shape index (κ1) is 13.5. The van der Waals surface area contributed by atoms with Gasteiger partial charge in [0.05, 0.1) is 0 Å². The third kappa shape index (κ3) is 3.78. The molecule has 16 heavy (non-hydrogen) atoms. The quantitative estimate of drug-likeness (QED) is 0.765. The molecule has 0 aromatic rings. The molecule has 0 saturated carbocycles. The minimum Gasteiger partial charge on any atom is -0.356 e. The van der Waals surface area contributed by atoms with Crippen molar-refractivity contribution in [1.29, 1.82) is 0 Å². The van der Waals surface area contributed by atoms with E-state index in [1.807, 2.05) is 6.92 Å². The van der Waals surface area contributed by atoms with Gasteiger partial charge in [0.2, 0.25) is 5.91 Å². The zero-order valence-electron chi connectivity index (χ0n) is 11.0. The molecule has 1 rings (SSSR count). The third-order valence-corrected chi connectivity index (χ3v) is 3.94. The van der Waals surface area contributed by atoms with Crippen LogP contribution in [0.5, 0.6) is 0 Å². The van der Waals surface area contributed by atoms with Crippen LogP contribution in [0.2, 0.25) is 0 Å². The van der Waals surface area contributed by atoms with Crippen molar-refractivity contribution in [1.82, 2.24) is 10.6 Å². The number of hydrogen-bond donors (Lipinski definition) is 2. The van der Waals surface area contributed by atoms with E-state index in [1.165, 1.54) is 6.42 Å². The van der Waals surface area contributed by atoms with Crippen LogP contribution in [0.25, 0.3) is 0 Å². The SMILES string of the molecule is CC(C)C(C)C(=O)NCC1CNCCC1C. The van der Waals surface area contributed by atoms with Gasteiger partial charge in [0.15, 0.2) is 0 Å². The fraction of sp³-hybridized carbons (Fsp3) is 0.923. The van der Waals surface area contributed by atoms with Gasteiger partial charge in [0.25, 0.3) is 0 Å². The molecule has 1 aliphatic heterocycles.